The highest BCUT2D eigenvalue weighted by molar-refractivity contribution is 5.94. The van der Waals surface area contributed by atoms with Crippen LogP contribution in [0.5, 0.6) is 5.75 Å². The maximum Gasteiger partial charge on any atom is 0.253 e. The first-order valence-electron chi connectivity index (χ1n) is 7.59. The molecule has 1 amide bonds. The zero-order chi connectivity index (χ0) is 13.8. The summed E-state index contributed by atoms with van der Waals surface area (Å²) in [6.07, 6.45) is 4.66. The molecule has 2 saturated heterocycles. The van der Waals surface area contributed by atoms with Crippen LogP contribution in [0.3, 0.4) is 0 Å². The standard InChI is InChI=1S/C16H22N2O2.ClH/c19-16(18-11-1-2-12-18)13-3-5-14(6-4-13)20-15-7-9-17-10-8-15;/h3-6,15,17H,1-2,7-12H2;1H. The van der Waals surface area contributed by atoms with Gasteiger partial charge in [0.15, 0.2) is 0 Å². The van der Waals surface area contributed by atoms with Gasteiger partial charge in [0.25, 0.3) is 5.91 Å². The van der Waals surface area contributed by atoms with Crippen molar-refractivity contribution in [2.75, 3.05) is 26.2 Å². The zero-order valence-electron chi connectivity index (χ0n) is 12.2. The molecule has 1 aromatic rings. The van der Waals surface area contributed by atoms with Gasteiger partial charge >= 0.3 is 0 Å². The monoisotopic (exact) mass is 310 g/mol. The maximum atomic E-state index is 12.2. The summed E-state index contributed by atoms with van der Waals surface area (Å²) >= 11 is 0. The fourth-order valence-electron chi connectivity index (χ4n) is 2.88. The van der Waals surface area contributed by atoms with E-state index >= 15 is 0 Å². The fraction of sp³-hybridized carbons (Fsp3) is 0.562. The van der Waals surface area contributed by atoms with Gasteiger partial charge in [0.1, 0.15) is 11.9 Å². The number of likely N-dealkylation sites (tertiary alicyclic amines) is 1. The van der Waals surface area contributed by atoms with Crippen molar-refractivity contribution in [1.29, 1.82) is 0 Å². The molecule has 116 valence electrons. The van der Waals surface area contributed by atoms with Gasteiger partial charge < -0.3 is 15.0 Å². The molecule has 2 aliphatic rings. The Hall–Kier alpha value is -1.26. The Morgan fingerprint density at radius 1 is 1.10 bits per heavy atom. The number of carbonyl (C=O) groups excluding carboxylic acids is 1. The van der Waals surface area contributed by atoms with Gasteiger partial charge in [0.05, 0.1) is 0 Å². The zero-order valence-corrected chi connectivity index (χ0v) is 13.0. The Morgan fingerprint density at radius 2 is 1.71 bits per heavy atom. The molecule has 21 heavy (non-hydrogen) atoms. The highest BCUT2D eigenvalue weighted by Gasteiger charge is 2.19. The van der Waals surface area contributed by atoms with Gasteiger partial charge in [0.2, 0.25) is 0 Å². The lowest BCUT2D eigenvalue weighted by Gasteiger charge is -2.24. The molecule has 0 spiro atoms. The molecule has 0 aromatic heterocycles. The second kappa shape index (κ2) is 7.66. The molecule has 0 bridgehead atoms. The van der Waals surface area contributed by atoms with Gasteiger partial charge in [-0.2, -0.15) is 0 Å². The van der Waals surface area contributed by atoms with Crippen molar-refractivity contribution in [2.24, 2.45) is 0 Å². The van der Waals surface area contributed by atoms with E-state index in [0.29, 0.717) is 6.10 Å². The average molecular weight is 311 g/mol. The number of nitrogens with one attached hydrogen (secondary N) is 1. The first-order chi connectivity index (χ1) is 9.83. The number of hydrogen-bond donors (Lipinski definition) is 1. The summed E-state index contributed by atoms with van der Waals surface area (Å²) in [6.45, 7) is 3.84. The lowest BCUT2D eigenvalue weighted by atomic mass is 10.1. The number of nitrogens with zero attached hydrogens (tertiary/aromatic N) is 1. The number of carbonyl (C=O) groups is 1. The molecule has 2 heterocycles. The lowest BCUT2D eigenvalue weighted by molar-refractivity contribution is 0.0792. The van der Waals surface area contributed by atoms with Gasteiger partial charge in [-0.25, -0.2) is 0 Å². The van der Waals surface area contributed by atoms with Crippen molar-refractivity contribution in [3.05, 3.63) is 29.8 Å². The topological polar surface area (TPSA) is 41.6 Å². The molecule has 2 aliphatic heterocycles. The van der Waals surface area contributed by atoms with E-state index in [1.54, 1.807) is 0 Å². The Kier molecular flexibility index (Phi) is 5.88. The molecular weight excluding hydrogens is 288 g/mol. The van der Waals surface area contributed by atoms with E-state index in [4.69, 9.17) is 4.74 Å². The molecular formula is C16H23ClN2O2. The van der Waals surface area contributed by atoms with E-state index in [-0.39, 0.29) is 18.3 Å². The first-order valence-corrected chi connectivity index (χ1v) is 7.59. The summed E-state index contributed by atoms with van der Waals surface area (Å²) < 4.78 is 5.95. The minimum Gasteiger partial charge on any atom is -0.490 e. The van der Waals surface area contributed by atoms with E-state index in [1.807, 2.05) is 29.2 Å². The molecule has 0 atom stereocenters. The van der Waals surface area contributed by atoms with Crippen LogP contribution in [0.2, 0.25) is 0 Å². The molecule has 1 aromatic carbocycles. The van der Waals surface area contributed by atoms with Crippen LogP contribution >= 0.6 is 12.4 Å². The van der Waals surface area contributed by atoms with Crippen LogP contribution in [0.1, 0.15) is 36.0 Å². The molecule has 3 rings (SSSR count). The fourth-order valence-corrected chi connectivity index (χ4v) is 2.88. The Balaban J connectivity index is 0.00000161. The second-order valence-electron chi connectivity index (χ2n) is 5.59. The quantitative estimate of drug-likeness (QED) is 0.932. The molecule has 0 radical (unpaired) electrons. The molecule has 1 N–H and O–H groups in total. The van der Waals surface area contributed by atoms with E-state index < -0.39 is 0 Å². The van der Waals surface area contributed by atoms with Crippen molar-refractivity contribution < 1.29 is 9.53 Å². The van der Waals surface area contributed by atoms with Crippen molar-refractivity contribution in [3.8, 4) is 5.75 Å². The third kappa shape index (κ3) is 4.11. The Bertz CT molecular complexity index is 452. The summed E-state index contributed by atoms with van der Waals surface area (Å²) in [4.78, 5) is 14.2. The van der Waals surface area contributed by atoms with Crippen LogP contribution in [-0.4, -0.2) is 43.1 Å². The third-order valence-corrected chi connectivity index (χ3v) is 4.08. The number of amides is 1. The van der Waals surface area contributed by atoms with Crippen LogP contribution in [0.15, 0.2) is 24.3 Å². The van der Waals surface area contributed by atoms with Crippen LogP contribution in [0, 0.1) is 0 Å². The van der Waals surface area contributed by atoms with Crippen LogP contribution in [-0.2, 0) is 0 Å². The van der Waals surface area contributed by atoms with Crippen molar-refractivity contribution in [3.63, 3.8) is 0 Å². The lowest BCUT2D eigenvalue weighted by Crippen LogP contribution is -2.34. The van der Waals surface area contributed by atoms with Crippen molar-refractivity contribution in [1.82, 2.24) is 10.2 Å². The number of benzene rings is 1. The molecule has 0 saturated carbocycles. The molecule has 2 fully saturated rings. The smallest absolute Gasteiger partial charge is 0.253 e. The third-order valence-electron chi connectivity index (χ3n) is 4.08. The van der Waals surface area contributed by atoms with Crippen LogP contribution in [0.4, 0.5) is 0 Å². The average Bonchev–Trinajstić information content (AvgIpc) is 3.03. The molecule has 0 aliphatic carbocycles. The van der Waals surface area contributed by atoms with Crippen molar-refractivity contribution in [2.45, 2.75) is 31.8 Å². The molecule has 4 nitrogen and oxygen atoms in total. The normalized spacial score (nSPS) is 19.1. The van der Waals surface area contributed by atoms with E-state index in [0.717, 1.165) is 63.2 Å². The van der Waals surface area contributed by atoms with E-state index in [2.05, 4.69) is 5.32 Å². The highest BCUT2D eigenvalue weighted by Crippen LogP contribution is 2.19. The SMILES string of the molecule is Cl.O=C(c1ccc(OC2CCNCC2)cc1)N1CCCC1. The summed E-state index contributed by atoms with van der Waals surface area (Å²) in [7, 11) is 0. The van der Waals surface area contributed by atoms with E-state index in [1.165, 1.54) is 0 Å². The Morgan fingerprint density at radius 3 is 2.33 bits per heavy atom. The summed E-state index contributed by atoms with van der Waals surface area (Å²) in [6, 6.07) is 7.62. The number of ether oxygens (including phenoxy) is 1. The second-order valence-corrected chi connectivity index (χ2v) is 5.59. The number of rotatable bonds is 3. The number of halogens is 1. The molecule has 0 unspecified atom stereocenters. The first kappa shape index (κ1) is 16.1. The summed E-state index contributed by atoms with van der Waals surface area (Å²) in [5.74, 6) is 1.02. The minimum absolute atomic E-state index is 0. The predicted octanol–water partition coefficient (Wildman–Crippen LogP) is 2.48. The largest absolute Gasteiger partial charge is 0.490 e. The Labute approximate surface area is 132 Å². The van der Waals surface area contributed by atoms with Crippen LogP contribution in [0.25, 0.3) is 0 Å². The molecule has 5 heteroatoms. The predicted molar refractivity (Wildman–Crippen MR) is 85.3 cm³/mol. The highest BCUT2D eigenvalue weighted by atomic mass is 35.5. The van der Waals surface area contributed by atoms with Gasteiger partial charge in [-0.15, -0.1) is 12.4 Å². The summed E-state index contributed by atoms with van der Waals surface area (Å²) in [5, 5.41) is 3.33. The van der Waals surface area contributed by atoms with Gasteiger partial charge in [0, 0.05) is 18.7 Å². The van der Waals surface area contributed by atoms with Gasteiger partial charge in [-0.05, 0) is 63.0 Å². The van der Waals surface area contributed by atoms with Crippen LogP contribution < -0.4 is 10.1 Å². The van der Waals surface area contributed by atoms with E-state index in [9.17, 15) is 4.79 Å². The number of hydrogen-bond acceptors (Lipinski definition) is 3. The number of piperidine rings is 1. The van der Waals surface area contributed by atoms with Gasteiger partial charge in [-0.3, -0.25) is 4.79 Å². The van der Waals surface area contributed by atoms with Gasteiger partial charge in [-0.1, -0.05) is 0 Å². The van der Waals surface area contributed by atoms with Crippen molar-refractivity contribution >= 4 is 18.3 Å². The minimum atomic E-state index is 0. The summed E-state index contributed by atoms with van der Waals surface area (Å²) in [5.41, 5.74) is 0.768. The maximum absolute atomic E-state index is 12.2.